The topological polar surface area (TPSA) is 95.3 Å². The average Bonchev–Trinajstić information content (AvgIpc) is 3.09. The minimum Gasteiger partial charge on any atom is -0.545 e. The van der Waals surface area contributed by atoms with Crippen LogP contribution in [0.5, 0.6) is 0 Å². The van der Waals surface area contributed by atoms with E-state index in [1.165, 1.54) is 12.1 Å². The number of carbonyl (C=O) groups is 1. The highest BCUT2D eigenvalue weighted by atomic mass is 35.5. The quantitative estimate of drug-likeness (QED) is 0.472. The highest BCUT2D eigenvalue weighted by molar-refractivity contribution is 6.35. The number of carbonyl (C=O) groups excluding carboxylic acids is 1. The van der Waals surface area contributed by atoms with Crippen LogP contribution in [0.1, 0.15) is 39.9 Å². The molecular formula is C19H13Cl2N2O4-. The number of allylic oxidation sites excluding steroid dienone is 2. The zero-order chi connectivity index (χ0) is 19.3. The fourth-order valence-corrected chi connectivity index (χ4v) is 4.61. The minimum absolute atomic E-state index is 0.0353. The number of nitro benzene ring substituents is 1. The van der Waals surface area contributed by atoms with E-state index in [1.807, 2.05) is 12.2 Å². The highest BCUT2D eigenvalue weighted by Crippen LogP contribution is 2.54. The SMILES string of the molecule is O=C([O-])c1ccc([N+](=O)[O-])c2c1N[C@@H](c1ccc(Cl)cc1Cl)[C@H]1CC=C[C@H]21. The summed E-state index contributed by atoms with van der Waals surface area (Å²) >= 11 is 12.4. The summed E-state index contributed by atoms with van der Waals surface area (Å²) in [6, 6.07) is 7.24. The van der Waals surface area contributed by atoms with E-state index < -0.39 is 10.9 Å². The van der Waals surface area contributed by atoms with Crippen molar-refractivity contribution in [1.82, 2.24) is 0 Å². The van der Waals surface area contributed by atoms with Gasteiger partial charge in [-0.1, -0.05) is 41.4 Å². The summed E-state index contributed by atoms with van der Waals surface area (Å²) in [6.45, 7) is 0. The first-order valence-corrected chi connectivity index (χ1v) is 9.05. The van der Waals surface area contributed by atoms with Crippen molar-refractivity contribution in [3.63, 3.8) is 0 Å². The van der Waals surface area contributed by atoms with E-state index in [0.29, 0.717) is 22.0 Å². The smallest absolute Gasteiger partial charge is 0.275 e. The Hall–Kier alpha value is -2.57. The number of anilines is 1. The predicted molar refractivity (Wildman–Crippen MR) is 100 cm³/mol. The van der Waals surface area contributed by atoms with E-state index in [-0.39, 0.29) is 34.8 Å². The van der Waals surface area contributed by atoms with Gasteiger partial charge in [0.1, 0.15) is 0 Å². The molecular weight excluding hydrogens is 391 g/mol. The molecule has 8 heteroatoms. The van der Waals surface area contributed by atoms with E-state index in [2.05, 4.69) is 5.32 Å². The Morgan fingerprint density at radius 2 is 2.00 bits per heavy atom. The summed E-state index contributed by atoms with van der Waals surface area (Å²) in [5.41, 5.74) is 1.14. The van der Waals surface area contributed by atoms with E-state index in [9.17, 15) is 20.0 Å². The first kappa shape index (κ1) is 17.8. The lowest BCUT2D eigenvalue weighted by Gasteiger charge is -2.38. The lowest BCUT2D eigenvalue weighted by atomic mass is 9.75. The molecule has 0 amide bonds. The second kappa shape index (κ2) is 6.55. The number of nitrogens with one attached hydrogen (secondary N) is 1. The number of carboxylic acids is 1. The molecule has 2 aromatic rings. The number of rotatable bonds is 3. The third kappa shape index (κ3) is 2.85. The van der Waals surface area contributed by atoms with Crippen molar-refractivity contribution >= 4 is 40.5 Å². The molecule has 0 fully saturated rings. The van der Waals surface area contributed by atoms with Gasteiger partial charge in [-0.05, 0) is 36.1 Å². The molecule has 2 aliphatic rings. The van der Waals surface area contributed by atoms with Gasteiger partial charge >= 0.3 is 0 Å². The summed E-state index contributed by atoms with van der Waals surface area (Å²) < 4.78 is 0. The van der Waals surface area contributed by atoms with Gasteiger partial charge in [0.25, 0.3) is 5.69 Å². The van der Waals surface area contributed by atoms with Crippen molar-refractivity contribution in [2.24, 2.45) is 5.92 Å². The maximum Gasteiger partial charge on any atom is 0.275 e. The van der Waals surface area contributed by atoms with Gasteiger partial charge in [-0.3, -0.25) is 10.1 Å². The number of hydrogen-bond donors (Lipinski definition) is 1. The summed E-state index contributed by atoms with van der Waals surface area (Å²) in [7, 11) is 0. The van der Waals surface area contributed by atoms with Crippen LogP contribution in [-0.2, 0) is 0 Å². The summed E-state index contributed by atoms with van der Waals surface area (Å²) in [5.74, 6) is -1.72. The van der Waals surface area contributed by atoms with Crippen LogP contribution in [0.15, 0.2) is 42.5 Å². The predicted octanol–water partition coefficient (Wildman–Crippen LogP) is 4.09. The molecule has 27 heavy (non-hydrogen) atoms. The van der Waals surface area contributed by atoms with E-state index >= 15 is 0 Å². The zero-order valence-corrected chi connectivity index (χ0v) is 15.3. The second-order valence-electron chi connectivity index (χ2n) is 6.61. The van der Waals surface area contributed by atoms with Crippen LogP contribution in [0.25, 0.3) is 0 Å². The van der Waals surface area contributed by atoms with Gasteiger partial charge < -0.3 is 15.2 Å². The van der Waals surface area contributed by atoms with Gasteiger partial charge in [0, 0.05) is 27.6 Å². The van der Waals surface area contributed by atoms with Crippen LogP contribution in [0.2, 0.25) is 10.0 Å². The molecule has 2 aromatic carbocycles. The molecule has 1 aliphatic carbocycles. The largest absolute Gasteiger partial charge is 0.545 e. The van der Waals surface area contributed by atoms with Crippen molar-refractivity contribution in [2.45, 2.75) is 18.4 Å². The molecule has 3 atom stereocenters. The van der Waals surface area contributed by atoms with Gasteiger partial charge in [-0.25, -0.2) is 0 Å². The fraction of sp³-hybridized carbons (Fsp3) is 0.211. The maximum absolute atomic E-state index is 11.6. The van der Waals surface area contributed by atoms with Gasteiger partial charge in [0.05, 0.1) is 28.2 Å². The molecule has 0 bridgehead atoms. The van der Waals surface area contributed by atoms with Gasteiger partial charge in [0.2, 0.25) is 0 Å². The highest BCUT2D eigenvalue weighted by Gasteiger charge is 2.43. The van der Waals surface area contributed by atoms with Crippen LogP contribution in [0, 0.1) is 16.0 Å². The molecule has 0 saturated carbocycles. The van der Waals surface area contributed by atoms with Crippen molar-refractivity contribution < 1.29 is 14.8 Å². The van der Waals surface area contributed by atoms with E-state index in [4.69, 9.17) is 23.2 Å². The van der Waals surface area contributed by atoms with Gasteiger partial charge in [-0.2, -0.15) is 0 Å². The molecule has 6 nitrogen and oxygen atoms in total. The average molecular weight is 404 g/mol. The standard InChI is InChI=1S/C19H14Cl2N2O4/c20-9-4-5-12(14(21)8-9)17-11-3-1-2-10(11)16-15(23(26)27)7-6-13(19(24)25)18(16)22-17/h1-2,4-8,10-11,17,22H,3H2,(H,24,25)/p-1/t10-,11-,17+/m0/s1. The van der Waals surface area contributed by atoms with Crippen LogP contribution >= 0.6 is 23.2 Å². The first-order chi connectivity index (χ1) is 12.9. The number of halogens is 2. The Kier molecular flexibility index (Phi) is 4.32. The number of benzene rings is 2. The second-order valence-corrected chi connectivity index (χ2v) is 7.45. The monoisotopic (exact) mass is 403 g/mol. The number of nitro groups is 1. The number of aromatic carboxylic acids is 1. The van der Waals surface area contributed by atoms with E-state index in [1.54, 1.807) is 18.2 Å². The molecule has 138 valence electrons. The Morgan fingerprint density at radius 3 is 2.67 bits per heavy atom. The zero-order valence-electron chi connectivity index (χ0n) is 13.8. The molecule has 1 N–H and O–H groups in total. The molecule has 1 heterocycles. The Labute approximate surface area is 164 Å². The summed E-state index contributed by atoms with van der Waals surface area (Å²) in [4.78, 5) is 22.7. The van der Waals surface area contributed by atoms with Crippen LogP contribution in [-0.4, -0.2) is 10.9 Å². The molecule has 0 aromatic heterocycles. The maximum atomic E-state index is 11.6. The van der Waals surface area contributed by atoms with Crippen LogP contribution in [0.4, 0.5) is 11.4 Å². The third-order valence-electron chi connectivity index (χ3n) is 5.21. The van der Waals surface area contributed by atoms with Crippen molar-refractivity contribution in [1.29, 1.82) is 0 Å². The van der Waals surface area contributed by atoms with Gasteiger partial charge in [0.15, 0.2) is 0 Å². The Bertz CT molecular complexity index is 1010. The molecule has 1 aliphatic heterocycles. The molecule has 0 radical (unpaired) electrons. The van der Waals surface area contributed by atoms with Gasteiger partial charge in [-0.15, -0.1) is 0 Å². The number of carboxylic acid groups (broad SMARTS) is 1. The number of hydrogen-bond acceptors (Lipinski definition) is 5. The fourth-order valence-electron chi connectivity index (χ4n) is 4.08. The molecule has 0 spiro atoms. The van der Waals surface area contributed by atoms with Crippen molar-refractivity contribution in [3.05, 3.63) is 79.3 Å². The Balaban J connectivity index is 1.93. The first-order valence-electron chi connectivity index (χ1n) is 8.29. The summed E-state index contributed by atoms with van der Waals surface area (Å²) in [5, 5.41) is 27.3. The van der Waals surface area contributed by atoms with E-state index in [0.717, 1.165) is 5.56 Å². The lowest BCUT2D eigenvalue weighted by Crippen LogP contribution is -2.33. The molecule has 4 rings (SSSR count). The normalized spacial score (nSPS) is 22.7. The van der Waals surface area contributed by atoms with Crippen molar-refractivity contribution in [3.8, 4) is 0 Å². The van der Waals surface area contributed by atoms with Crippen molar-refractivity contribution in [2.75, 3.05) is 5.32 Å². The molecule has 0 unspecified atom stereocenters. The minimum atomic E-state index is -1.39. The Morgan fingerprint density at radius 1 is 1.22 bits per heavy atom. The number of fused-ring (bicyclic) bond motifs is 3. The van der Waals surface area contributed by atoms with Crippen LogP contribution < -0.4 is 10.4 Å². The van der Waals surface area contributed by atoms with Crippen LogP contribution in [0.3, 0.4) is 0 Å². The number of nitrogens with zero attached hydrogens (tertiary/aromatic N) is 1. The third-order valence-corrected chi connectivity index (χ3v) is 5.77. The molecule has 0 saturated heterocycles. The summed E-state index contributed by atoms with van der Waals surface area (Å²) in [6.07, 6.45) is 4.54. The lowest BCUT2D eigenvalue weighted by molar-refractivity contribution is -0.385.